The van der Waals surface area contributed by atoms with E-state index in [1.54, 1.807) is 0 Å². The quantitative estimate of drug-likeness (QED) is 0.331. The molecule has 0 saturated carbocycles. The molecule has 0 spiro atoms. The van der Waals surface area contributed by atoms with E-state index in [0.717, 1.165) is 24.3 Å². The molecule has 0 radical (unpaired) electrons. The Morgan fingerprint density at radius 3 is 1.00 bits per heavy atom. The second kappa shape index (κ2) is 8.82. The van der Waals surface area contributed by atoms with Gasteiger partial charge in [0.2, 0.25) is 0 Å². The summed E-state index contributed by atoms with van der Waals surface area (Å²) in [5.41, 5.74) is -0.658. The smallest absolute Gasteiger partial charge is 0.867 e. The number of rotatable bonds is 2. The van der Waals surface area contributed by atoms with Crippen LogP contribution in [0, 0.1) is 0 Å². The molecule has 128 valence electrons. The van der Waals surface area contributed by atoms with E-state index in [9.17, 15) is 19.8 Å². The number of carboxylic acid groups (broad SMARTS) is 2. The van der Waals surface area contributed by atoms with E-state index >= 15 is 0 Å². The van der Waals surface area contributed by atoms with Crippen LogP contribution in [0.25, 0.3) is 0 Å². The van der Waals surface area contributed by atoms with Gasteiger partial charge in [0.05, 0.1) is 11.1 Å². The van der Waals surface area contributed by atoms with E-state index in [2.05, 4.69) is 0 Å². The van der Waals surface area contributed by atoms with Gasteiger partial charge in [0.25, 0.3) is 0 Å². The molecule has 25 heavy (non-hydrogen) atoms. The molecular formula is C14H10CdO10. The van der Waals surface area contributed by atoms with Gasteiger partial charge in [-0.3, -0.25) is 0 Å². The molecule has 0 aliphatic rings. The Bertz CT molecular complexity index is 689. The van der Waals surface area contributed by atoms with Crippen LogP contribution in [0.1, 0.15) is 20.7 Å². The Balaban J connectivity index is 0.000000443. The fourth-order valence-corrected chi connectivity index (χ4v) is 1.44. The summed E-state index contributed by atoms with van der Waals surface area (Å²) in [6.07, 6.45) is 0. The predicted molar refractivity (Wildman–Crippen MR) is 72.4 cm³/mol. The van der Waals surface area contributed by atoms with Crippen LogP contribution in [-0.4, -0.2) is 42.6 Å². The summed E-state index contributed by atoms with van der Waals surface area (Å²) in [4.78, 5) is 20.6. The molecule has 0 heterocycles. The maximum atomic E-state index is 10.7. The Labute approximate surface area is 159 Å². The fraction of sp³-hybridized carbons (Fsp3) is 0. The van der Waals surface area contributed by atoms with Crippen LogP contribution < -0.4 is 10.2 Å². The molecular weight excluding hydrogens is 441 g/mol. The zero-order valence-corrected chi connectivity index (χ0v) is 16.4. The first-order valence-corrected chi connectivity index (χ1v) is 5.97. The molecule has 0 amide bonds. The molecule has 6 N–H and O–H groups in total. The molecule has 0 aromatic heterocycles. The molecule has 0 aliphatic carbocycles. The summed E-state index contributed by atoms with van der Waals surface area (Å²) >= 11 is 0. The van der Waals surface area contributed by atoms with Crippen LogP contribution in [0.5, 0.6) is 34.5 Å². The number of benzene rings is 2. The third kappa shape index (κ3) is 5.59. The van der Waals surface area contributed by atoms with Crippen molar-refractivity contribution in [3.63, 3.8) is 0 Å². The maximum Gasteiger partial charge on any atom is 2.00 e. The minimum atomic E-state index is -1.32. The average Bonchev–Trinajstić information content (AvgIpc) is 2.49. The first kappa shape index (κ1) is 22.1. The largest absolute Gasteiger partial charge is 2.00 e. The molecule has 10 nitrogen and oxygen atoms in total. The zero-order chi connectivity index (χ0) is 18.6. The van der Waals surface area contributed by atoms with Crippen molar-refractivity contribution in [2.24, 2.45) is 0 Å². The van der Waals surface area contributed by atoms with Crippen molar-refractivity contribution < 1.29 is 77.7 Å². The van der Waals surface area contributed by atoms with Crippen molar-refractivity contribution in [2.45, 2.75) is 0 Å². The molecule has 2 rings (SSSR count). The van der Waals surface area contributed by atoms with Gasteiger partial charge in [-0.25, -0.2) is 9.59 Å². The van der Waals surface area contributed by atoms with E-state index in [1.165, 1.54) is 0 Å². The number of hydrogen-bond acceptors (Lipinski definition) is 8. The van der Waals surface area contributed by atoms with Crippen LogP contribution in [0.3, 0.4) is 0 Å². The third-order valence-corrected chi connectivity index (χ3v) is 2.59. The maximum absolute atomic E-state index is 10.7. The number of carbonyl (C=O) groups is 2. The number of hydrogen-bond donors (Lipinski definition) is 6. The summed E-state index contributed by atoms with van der Waals surface area (Å²) in [7, 11) is 0. The molecule has 11 heteroatoms. The SMILES string of the molecule is O=C(O)c1cc(O)c([O-])c(O)c1.O=C(O)c1cc(O)c([O-])c(O)c1.[Cd+2]. The van der Waals surface area contributed by atoms with Crippen LogP contribution in [0.2, 0.25) is 0 Å². The van der Waals surface area contributed by atoms with Gasteiger partial charge in [0.15, 0.2) is 0 Å². The van der Waals surface area contributed by atoms with Crippen LogP contribution in [0.4, 0.5) is 0 Å². The van der Waals surface area contributed by atoms with Crippen molar-refractivity contribution in [3.05, 3.63) is 35.4 Å². The monoisotopic (exact) mass is 452 g/mol. The van der Waals surface area contributed by atoms with Gasteiger partial charge >= 0.3 is 39.2 Å². The molecule has 0 bridgehead atoms. The fourth-order valence-electron chi connectivity index (χ4n) is 1.44. The summed E-state index contributed by atoms with van der Waals surface area (Å²) in [6.45, 7) is 0. The third-order valence-electron chi connectivity index (χ3n) is 2.59. The van der Waals surface area contributed by atoms with Crippen LogP contribution in [-0.2, 0) is 27.3 Å². The van der Waals surface area contributed by atoms with Crippen molar-refractivity contribution in [3.8, 4) is 34.5 Å². The summed E-state index contributed by atoms with van der Waals surface area (Å²) in [5, 5.41) is 73.3. The second-order valence-electron chi connectivity index (χ2n) is 4.30. The number of aromatic hydroxyl groups is 4. The molecule has 0 aliphatic heterocycles. The van der Waals surface area contributed by atoms with Gasteiger partial charge in [-0.2, -0.15) is 0 Å². The van der Waals surface area contributed by atoms with Gasteiger partial charge < -0.3 is 40.9 Å². The van der Waals surface area contributed by atoms with Crippen molar-refractivity contribution in [1.82, 2.24) is 0 Å². The van der Waals surface area contributed by atoms with Crippen molar-refractivity contribution >= 4 is 11.9 Å². The Hall–Kier alpha value is -2.90. The van der Waals surface area contributed by atoms with Gasteiger partial charge in [-0.15, -0.1) is 0 Å². The van der Waals surface area contributed by atoms with Gasteiger partial charge in [-0.05, 0) is 35.8 Å². The number of phenols is 4. The zero-order valence-electron chi connectivity index (χ0n) is 12.3. The van der Waals surface area contributed by atoms with Gasteiger partial charge in [0.1, 0.15) is 23.0 Å². The van der Waals surface area contributed by atoms with Crippen LogP contribution >= 0.6 is 0 Å². The number of phenolic OH excluding ortho intramolecular Hbond substituents is 4. The first-order valence-electron chi connectivity index (χ1n) is 5.97. The summed E-state index contributed by atoms with van der Waals surface area (Å²) in [6, 6.07) is 3.13. The minimum Gasteiger partial charge on any atom is -0.867 e. The number of carboxylic acids is 2. The van der Waals surface area contributed by atoms with E-state index in [-0.39, 0.29) is 38.4 Å². The minimum absolute atomic E-state index is 0. The standard InChI is InChI=1S/2C7H6O5.Cd/c2*8-4-1-3(7(11)12)2-5(9)6(4)10;/h2*1-2,8-10H,(H,11,12);/q;;+2/p-2. The molecule has 0 unspecified atom stereocenters. The second-order valence-corrected chi connectivity index (χ2v) is 4.30. The van der Waals surface area contributed by atoms with Gasteiger partial charge in [0, 0.05) is 0 Å². The Morgan fingerprint density at radius 1 is 0.640 bits per heavy atom. The predicted octanol–water partition coefficient (Wildman–Crippen LogP) is -0.263. The van der Waals surface area contributed by atoms with Crippen molar-refractivity contribution in [1.29, 1.82) is 0 Å². The first-order chi connectivity index (χ1) is 11.0. The van der Waals surface area contributed by atoms with E-state index < -0.39 is 46.4 Å². The Kier molecular flexibility index (Phi) is 7.79. The molecule has 2 aromatic carbocycles. The molecule has 0 saturated heterocycles. The number of aromatic carboxylic acids is 2. The Morgan fingerprint density at radius 2 is 0.840 bits per heavy atom. The molecule has 2 aromatic rings. The van der Waals surface area contributed by atoms with E-state index in [1.807, 2.05) is 0 Å². The topological polar surface area (TPSA) is 202 Å². The van der Waals surface area contributed by atoms with Crippen LogP contribution in [0.15, 0.2) is 24.3 Å². The normalized spacial score (nSPS) is 9.28. The van der Waals surface area contributed by atoms with E-state index in [4.69, 9.17) is 30.6 Å². The van der Waals surface area contributed by atoms with Crippen molar-refractivity contribution in [2.75, 3.05) is 0 Å². The molecule has 0 atom stereocenters. The van der Waals surface area contributed by atoms with E-state index in [0.29, 0.717) is 0 Å². The molecule has 0 fully saturated rings. The van der Waals surface area contributed by atoms with Gasteiger partial charge in [-0.1, -0.05) is 0 Å². The summed E-state index contributed by atoms with van der Waals surface area (Å²) in [5.74, 6) is -7.67. The summed E-state index contributed by atoms with van der Waals surface area (Å²) < 4.78 is 0. The average molecular weight is 451 g/mol.